The Morgan fingerprint density at radius 3 is 2.62 bits per heavy atom. The van der Waals surface area contributed by atoms with Gasteiger partial charge in [-0.1, -0.05) is 26.0 Å². The van der Waals surface area contributed by atoms with Crippen LogP contribution in [0.4, 0.5) is 0 Å². The molecule has 1 unspecified atom stereocenters. The fourth-order valence-electron chi connectivity index (χ4n) is 2.03. The zero-order valence-electron chi connectivity index (χ0n) is 10.1. The third-order valence-corrected chi connectivity index (χ3v) is 3.46. The molecule has 0 aromatic carbocycles. The van der Waals surface area contributed by atoms with Gasteiger partial charge in [0.25, 0.3) is 0 Å². The highest BCUT2D eigenvalue weighted by molar-refractivity contribution is 5.85. The van der Waals surface area contributed by atoms with Gasteiger partial charge in [0.2, 0.25) is 5.91 Å². The minimum Gasteiger partial charge on any atom is -0.352 e. The predicted molar refractivity (Wildman–Crippen MR) is 63.5 cm³/mol. The summed E-state index contributed by atoms with van der Waals surface area (Å²) in [4.78, 5) is 12.1. The Hall–Kier alpha value is -1.30. The molecule has 0 fully saturated rings. The number of carbonyl (C=O) groups excluding carboxylic acids is 1. The Balaban J connectivity index is 2.63. The Morgan fingerprint density at radius 2 is 2.19 bits per heavy atom. The molecule has 0 saturated carbocycles. The van der Waals surface area contributed by atoms with Crippen LogP contribution in [-0.4, -0.2) is 11.9 Å². The molecule has 0 radical (unpaired) electrons. The monoisotopic (exact) mass is 220 g/mol. The maximum atomic E-state index is 12.1. The number of carbonyl (C=O) groups is 1. The minimum absolute atomic E-state index is 0.0969. The number of amides is 1. The zero-order chi connectivity index (χ0) is 12.0. The molecule has 16 heavy (non-hydrogen) atoms. The van der Waals surface area contributed by atoms with Crippen LogP contribution in [0.2, 0.25) is 0 Å². The third-order valence-electron chi connectivity index (χ3n) is 3.46. The Morgan fingerprint density at radius 1 is 1.50 bits per heavy atom. The van der Waals surface area contributed by atoms with E-state index in [1.54, 1.807) is 0 Å². The van der Waals surface area contributed by atoms with Crippen molar-refractivity contribution in [3.05, 3.63) is 12.2 Å². The Kier molecular flexibility index (Phi) is 4.54. The molecule has 1 N–H and O–H groups in total. The summed E-state index contributed by atoms with van der Waals surface area (Å²) >= 11 is 0. The zero-order valence-corrected chi connectivity index (χ0v) is 10.1. The molecule has 0 aromatic rings. The second kappa shape index (κ2) is 5.69. The van der Waals surface area contributed by atoms with Crippen LogP contribution in [0.1, 0.15) is 46.0 Å². The third kappa shape index (κ3) is 2.63. The molecule has 0 spiro atoms. The molecule has 0 aliphatic heterocycles. The number of nitriles is 1. The topological polar surface area (TPSA) is 52.9 Å². The summed E-state index contributed by atoms with van der Waals surface area (Å²) in [6, 6.07) is 2.39. The first-order chi connectivity index (χ1) is 7.68. The van der Waals surface area contributed by atoms with Gasteiger partial charge in [-0.3, -0.25) is 4.79 Å². The van der Waals surface area contributed by atoms with Gasteiger partial charge in [-0.2, -0.15) is 5.26 Å². The maximum absolute atomic E-state index is 12.1. The molecule has 1 aliphatic carbocycles. The molecular formula is C13H20N2O. The number of hydrogen-bond acceptors (Lipinski definition) is 2. The van der Waals surface area contributed by atoms with Gasteiger partial charge in [0.1, 0.15) is 5.41 Å². The van der Waals surface area contributed by atoms with Gasteiger partial charge in [0.15, 0.2) is 0 Å². The molecule has 1 atom stereocenters. The van der Waals surface area contributed by atoms with E-state index in [0.29, 0.717) is 12.8 Å². The summed E-state index contributed by atoms with van der Waals surface area (Å²) in [5.41, 5.74) is -0.832. The summed E-state index contributed by atoms with van der Waals surface area (Å²) in [6.07, 6.45) is 8.28. The minimum atomic E-state index is -0.832. The average Bonchev–Trinajstić information content (AvgIpc) is 2.33. The lowest BCUT2D eigenvalue weighted by Crippen LogP contribution is -2.44. The van der Waals surface area contributed by atoms with E-state index in [4.69, 9.17) is 5.26 Å². The van der Waals surface area contributed by atoms with Gasteiger partial charge in [0.05, 0.1) is 6.07 Å². The summed E-state index contributed by atoms with van der Waals surface area (Å²) in [7, 11) is 0. The smallest absolute Gasteiger partial charge is 0.240 e. The number of nitrogens with zero attached hydrogens (tertiary/aromatic N) is 1. The molecule has 1 amide bonds. The normalized spacial score (nSPS) is 20.2. The van der Waals surface area contributed by atoms with Crippen molar-refractivity contribution in [1.82, 2.24) is 5.32 Å². The van der Waals surface area contributed by atoms with Gasteiger partial charge in [-0.05, 0) is 32.1 Å². The molecule has 0 saturated heterocycles. The first kappa shape index (κ1) is 12.8. The van der Waals surface area contributed by atoms with Gasteiger partial charge in [-0.25, -0.2) is 0 Å². The van der Waals surface area contributed by atoms with Crippen molar-refractivity contribution >= 4 is 5.91 Å². The lowest BCUT2D eigenvalue weighted by atomic mass is 9.82. The lowest BCUT2D eigenvalue weighted by molar-refractivity contribution is -0.129. The molecule has 3 heteroatoms. The van der Waals surface area contributed by atoms with Crippen LogP contribution in [0.15, 0.2) is 12.2 Å². The van der Waals surface area contributed by atoms with Crippen LogP contribution in [-0.2, 0) is 4.79 Å². The first-order valence-electron chi connectivity index (χ1n) is 6.05. The van der Waals surface area contributed by atoms with Crippen LogP contribution in [0.5, 0.6) is 0 Å². The van der Waals surface area contributed by atoms with Gasteiger partial charge in [0, 0.05) is 6.04 Å². The van der Waals surface area contributed by atoms with Crippen LogP contribution in [0, 0.1) is 16.7 Å². The second-order valence-corrected chi connectivity index (χ2v) is 4.36. The highest BCUT2D eigenvalue weighted by Gasteiger charge is 2.35. The van der Waals surface area contributed by atoms with Crippen molar-refractivity contribution < 1.29 is 4.79 Å². The average molecular weight is 220 g/mol. The van der Waals surface area contributed by atoms with Crippen molar-refractivity contribution in [2.75, 3.05) is 0 Å². The second-order valence-electron chi connectivity index (χ2n) is 4.36. The quantitative estimate of drug-likeness (QED) is 0.740. The standard InChI is InChI=1S/C13H20N2O/c1-3-13(4-2,10-14)12(16)15-11-8-6-5-7-9-11/h5-6,11H,3-4,7-9H2,1-2H3,(H,15,16). The van der Waals surface area contributed by atoms with Crippen LogP contribution in [0.25, 0.3) is 0 Å². The molecule has 3 nitrogen and oxygen atoms in total. The predicted octanol–water partition coefficient (Wildman–Crippen LogP) is 2.54. The van der Waals surface area contributed by atoms with E-state index in [2.05, 4.69) is 23.5 Å². The van der Waals surface area contributed by atoms with E-state index >= 15 is 0 Å². The first-order valence-corrected chi connectivity index (χ1v) is 6.05. The molecule has 0 bridgehead atoms. The molecule has 1 aliphatic rings. The highest BCUT2D eigenvalue weighted by Crippen LogP contribution is 2.26. The van der Waals surface area contributed by atoms with E-state index in [-0.39, 0.29) is 11.9 Å². The number of nitrogens with one attached hydrogen (secondary N) is 1. The van der Waals surface area contributed by atoms with E-state index in [1.807, 2.05) is 13.8 Å². The van der Waals surface area contributed by atoms with Crippen molar-refractivity contribution in [3.63, 3.8) is 0 Å². The molecule has 0 aromatic heterocycles. The number of rotatable bonds is 4. The number of hydrogen-bond donors (Lipinski definition) is 1. The summed E-state index contributed by atoms with van der Waals surface area (Å²) in [5.74, 6) is -0.0969. The van der Waals surface area contributed by atoms with Crippen molar-refractivity contribution in [2.24, 2.45) is 5.41 Å². The Bertz CT molecular complexity index is 310. The van der Waals surface area contributed by atoms with Crippen LogP contribution < -0.4 is 5.32 Å². The number of allylic oxidation sites excluding steroid dienone is 1. The Labute approximate surface area is 97.5 Å². The van der Waals surface area contributed by atoms with Crippen LogP contribution in [0.3, 0.4) is 0 Å². The largest absolute Gasteiger partial charge is 0.352 e. The van der Waals surface area contributed by atoms with Crippen molar-refractivity contribution in [1.29, 1.82) is 5.26 Å². The summed E-state index contributed by atoms with van der Waals surface area (Å²) in [6.45, 7) is 3.79. The molecule has 0 heterocycles. The van der Waals surface area contributed by atoms with Crippen LogP contribution >= 0.6 is 0 Å². The molecule has 88 valence electrons. The van der Waals surface area contributed by atoms with Gasteiger partial charge >= 0.3 is 0 Å². The molecular weight excluding hydrogens is 200 g/mol. The van der Waals surface area contributed by atoms with Crippen molar-refractivity contribution in [2.45, 2.75) is 52.0 Å². The highest BCUT2D eigenvalue weighted by atomic mass is 16.2. The summed E-state index contributed by atoms with van der Waals surface area (Å²) in [5, 5.41) is 12.2. The van der Waals surface area contributed by atoms with Crippen molar-refractivity contribution in [3.8, 4) is 6.07 Å². The van der Waals surface area contributed by atoms with E-state index in [0.717, 1.165) is 19.3 Å². The SMILES string of the molecule is CCC(C#N)(CC)C(=O)NC1CC=CCC1. The van der Waals surface area contributed by atoms with Gasteiger partial charge < -0.3 is 5.32 Å². The van der Waals surface area contributed by atoms with Gasteiger partial charge in [-0.15, -0.1) is 0 Å². The van der Waals surface area contributed by atoms with E-state index < -0.39 is 5.41 Å². The maximum Gasteiger partial charge on any atom is 0.240 e. The van der Waals surface area contributed by atoms with E-state index in [9.17, 15) is 4.79 Å². The fraction of sp³-hybridized carbons (Fsp3) is 0.692. The lowest BCUT2D eigenvalue weighted by Gasteiger charge is -2.27. The van der Waals surface area contributed by atoms with E-state index in [1.165, 1.54) is 0 Å². The fourth-order valence-corrected chi connectivity index (χ4v) is 2.03. The summed E-state index contributed by atoms with van der Waals surface area (Å²) < 4.78 is 0. The molecule has 1 rings (SSSR count).